The molecule has 84 valence electrons. The molecule has 0 heterocycles. The molecule has 5 heteroatoms. The van der Waals surface area contributed by atoms with Crippen molar-refractivity contribution in [3.63, 3.8) is 0 Å². The van der Waals surface area contributed by atoms with Crippen LogP contribution < -0.4 is 5.32 Å². The predicted molar refractivity (Wildman–Crippen MR) is 51.2 cm³/mol. The smallest absolute Gasteiger partial charge is 0.316 e. The number of likely N-dealkylation sites (N-methyl/N-ethyl adjacent to an activating group) is 2. The Balaban J connectivity index is 3.97. The molecule has 0 aromatic rings. The second-order valence-corrected chi connectivity index (χ2v) is 3.20. The van der Waals surface area contributed by atoms with Gasteiger partial charge in [0.25, 0.3) is 0 Å². The van der Waals surface area contributed by atoms with Crippen LogP contribution in [-0.2, 0) is 0 Å². The molecule has 0 aromatic carbocycles. The number of rotatable bonds is 6. The summed E-state index contributed by atoms with van der Waals surface area (Å²) in [6.07, 6.45) is -4.13. The highest BCUT2D eigenvalue weighted by Crippen LogP contribution is 2.16. The first-order valence-corrected chi connectivity index (χ1v) is 4.49. The summed E-state index contributed by atoms with van der Waals surface area (Å²) in [6, 6.07) is 0. The Morgan fingerprint density at radius 3 is 2.36 bits per heavy atom. The molecule has 0 aromatic heterocycles. The zero-order valence-electron chi connectivity index (χ0n) is 8.62. The maximum atomic E-state index is 12.0. The van der Waals surface area contributed by atoms with Crippen molar-refractivity contribution < 1.29 is 13.2 Å². The molecule has 2 nitrogen and oxygen atoms in total. The Labute approximate surface area is 82.8 Å². The second kappa shape index (κ2) is 6.03. The molecule has 0 saturated heterocycles. The van der Waals surface area contributed by atoms with Crippen LogP contribution in [0.3, 0.4) is 0 Å². The van der Waals surface area contributed by atoms with Crippen LogP contribution in [0, 0.1) is 0 Å². The van der Waals surface area contributed by atoms with E-state index >= 15 is 0 Å². The zero-order chi connectivity index (χ0) is 11.2. The Hall–Kier alpha value is -0.550. The Bertz CT molecular complexity index is 177. The number of hydrogen-bond donors (Lipinski definition) is 1. The van der Waals surface area contributed by atoms with Crippen molar-refractivity contribution in [2.24, 2.45) is 0 Å². The van der Waals surface area contributed by atoms with Gasteiger partial charge in [-0.1, -0.05) is 13.5 Å². The summed E-state index contributed by atoms with van der Waals surface area (Å²) in [5, 5.41) is 2.85. The SMILES string of the molecule is C=C(CNC)CN(CC)CC(F)(F)F. The molecule has 0 fully saturated rings. The van der Waals surface area contributed by atoms with E-state index in [1.807, 2.05) is 0 Å². The third-order valence-corrected chi connectivity index (χ3v) is 1.72. The fraction of sp³-hybridized carbons (Fsp3) is 0.778. The van der Waals surface area contributed by atoms with Crippen LogP contribution in [0.5, 0.6) is 0 Å². The molecule has 0 aliphatic heterocycles. The number of nitrogens with zero attached hydrogens (tertiary/aromatic N) is 1. The highest BCUT2D eigenvalue weighted by molar-refractivity contribution is 4.99. The quantitative estimate of drug-likeness (QED) is 0.670. The van der Waals surface area contributed by atoms with Crippen LogP contribution in [0.25, 0.3) is 0 Å². The molecule has 0 atom stereocenters. The van der Waals surface area contributed by atoms with Gasteiger partial charge in [0, 0.05) is 13.1 Å². The summed E-state index contributed by atoms with van der Waals surface area (Å²) in [5.41, 5.74) is 0.763. The standard InChI is InChI=1S/C9H17F3N2/c1-4-14(7-9(10,11)12)6-8(2)5-13-3/h13H,2,4-7H2,1,3H3. The minimum atomic E-state index is -4.13. The van der Waals surface area contributed by atoms with Crippen molar-refractivity contribution in [3.05, 3.63) is 12.2 Å². The summed E-state index contributed by atoms with van der Waals surface area (Å²) < 4.78 is 36.1. The Kier molecular flexibility index (Phi) is 5.79. The van der Waals surface area contributed by atoms with Gasteiger partial charge in [-0.3, -0.25) is 4.90 Å². The van der Waals surface area contributed by atoms with Gasteiger partial charge < -0.3 is 5.32 Å². The number of halogens is 3. The van der Waals surface area contributed by atoms with Gasteiger partial charge in [0.1, 0.15) is 0 Å². The average molecular weight is 210 g/mol. The molecule has 0 rings (SSSR count). The van der Waals surface area contributed by atoms with E-state index in [2.05, 4.69) is 11.9 Å². The molecule has 1 N–H and O–H groups in total. The minimum Gasteiger partial charge on any atom is -0.316 e. The Morgan fingerprint density at radius 1 is 1.43 bits per heavy atom. The largest absolute Gasteiger partial charge is 0.401 e. The number of hydrogen-bond acceptors (Lipinski definition) is 2. The van der Waals surface area contributed by atoms with Crippen molar-refractivity contribution >= 4 is 0 Å². The lowest BCUT2D eigenvalue weighted by Crippen LogP contribution is -2.36. The molecule has 0 aliphatic carbocycles. The highest BCUT2D eigenvalue weighted by atomic mass is 19.4. The van der Waals surface area contributed by atoms with Crippen LogP contribution in [0.15, 0.2) is 12.2 Å². The number of alkyl halides is 3. The van der Waals surface area contributed by atoms with Crippen LogP contribution in [0.1, 0.15) is 6.92 Å². The topological polar surface area (TPSA) is 15.3 Å². The van der Waals surface area contributed by atoms with E-state index in [0.29, 0.717) is 13.1 Å². The molecule has 0 radical (unpaired) electrons. The molecule has 0 bridgehead atoms. The van der Waals surface area contributed by atoms with E-state index < -0.39 is 12.7 Å². The zero-order valence-corrected chi connectivity index (χ0v) is 8.62. The van der Waals surface area contributed by atoms with Crippen LogP contribution in [0.4, 0.5) is 13.2 Å². The van der Waals surface area contributed by atoms with E-state index in [1.165, 1.54) is 4.90 Å². The van der Waals surface area contributed by atoms with Crippen molar-refractivity contribution in [1.29, 1.82) is 0 Å². The molecule has 0 saturated carbocycles. The summed E-state index contributed by atoms with van der Waals surface area (Å²) in [7, 11) is 1.74. The predicted octanol–water partition coefficient (Wildman–Crippen LogP) is 1.65. The van der Waals surface area contributed by atoms with Gasteiger partial charge in [0.05, 0.1) is 6.54 Å². The highest BCUT2D eigenvalue weighted by Gasteiger charge is 2.29. The summed E-state index contributed by atoms with van der Waals surface area (Å²) >= 11 is 0. The molecule has 0 amide bonds. The van der Waals surface area contributed by atoms with Gasteiger partial charge in [-0.15, -0.1) is 0 Å². The van der Waals surface area contributed by atoms with E-state index in [4.69, 9.17) is 0 Å². The first-order chi connectivity index (χ1) is 6.39. The van der Waals surface area contributed by atoms with E-state index in [-0.39, 0.29) is 6.54 Å². The van der Waals surface area contributed by atoms with Gasteiger partial charge in [0.2, 0.25) is 0 Å². The van der Waals surface area contributed by atoms with E-state index in [0.717, 1.165) is 5.57 Å². The van der Waals surface area contributed by atoms with Gasteiger partial charge >= 0.3 is 6.18 Å². The van der Waals surface area contributed by atoms with Gasteiger partial charge in [-0.25, -0.2) is 0 Å². The molecule has 14 heavy (non-hydrogen) atoms. The molecular formula is C9H17F3N2. The lowest BCUT2D eigenvalue weighted by molar-refractivity contribution is -0.144. The summed E-state index contributed by atoms with van der Waals surface area (Å²) in [4.78, 5) is 1.32. The van der Waals surface area contributed by atoms with Gasteiger partial charge in [-0.05, 0) is 19.2 Å². The van der Waals surface area contributed by atoms with E-state index in [1.54, 1.807) is 14.0 Å². The average Bonchev–Trinajstić information content (AvgIpc) is 2.01. The van der Waals surface area contributed by atoms with Crippen molar-refractivity contribution in [2.45, 2.75) is 13.1 Å². The number of nitrogens with one attached hydrogen (secondary N) is 1. The molecular weight excluding hydrogens is 193 g/mol. The maximum absolute atomic E-state index is 12.0. The third-order valence-electron chi connectivity index (χ3n) is 1.72. The van der Waals surface area contributed by atoms with Gasteiger partial charge in [-0.2, -0.15) is 13.2 Å². The van der Waals surface area contributed by atoms with Crippen LogP contribution in [0.2, 0.25) is 0 Å². The fourth-order valence-electron chi connectivity index (χ4n) is 1.16. The Morgan fingerprint density at radius 2 is 2.00 bits per heavy atom. The summed E-state index contributed by atoms with van der Waals surface area (Å²) in [5.74, 6) is 0. The molecule has 0 unspecified atom stereocenters. The van der Waals surface area contributed by atoms with Gasteiger partial charge in [0.15, 0.2) is 0 Å². The molecule has 0 aliphatic rings. The first-order valence-electron chi connectivity index (χ1n) is 4.49. The lowest BCUT2D eigenvalue weighted by atomic mass is 10.2. The fourth-order valence-corrected chi connectivity index (χ4v) is 1.16. The minimum absolute atomic E-state index is 0.289. The van der Waals surface area contributed by atoms with Crippen molar-refractivity contribution in [3.8, 4) is 0 Å². The normalized spacial score (nSPS) is 12.1. The first kappa shape index (κ1) is 13.4. The maximum Gasteiger partial charge on any atom is 0.401 e. The third kappa shape index (κ3) is 6.91. The monoisotopic (exact) mass is 210 g/mol. The lowest BCUT2D eigenvalue weighted by Gasteiger charge is -2.22. The van der Waals surface area contributed by atoms with E-state index in [9.17, 15) is 13.2 Å². The molecule has 0 spiro atoms. The van der Waals surface area contributed by atoms with Crippen LogP contribution in [-0.4, -0.2) is 44.3 Å². The second-order valence-electron chi connectivity index (χ2n) is 3.20. The van der Waals surface area contributed by atoms with Crippen molar-refractivity contribution in [1.82, 2.24) is 10.2 Å². The summed E-state index contributed by atoms with van der Waals surface area (Å²) in [6.45, 7) is 5.74. The van der Waals surface area contributed by atoms with Crippen molar-refractivity contribution in [2.75, 3.05) is 33.2 Å². The van der Waals surface area contributed by atoms with Crippen LogP contribution >= 0.6 is 0 Å².